The molecule has 0 radical (unpaired) electrons. The summed E-state index contributed by atoms with van der Waals surface area (Å²) >= 11 is 1.43. The molecule has 0 aliphatic carbocycles. The molecule has 0 bridgehead atoms. The van der Waals surface area contributed by atoms with Crippen molar-refractivity contribution in [3.63, 3.8) is 0 Å². The zero-order chi connectivity index (χ0) is 24.5. The van der Waals surface area contributed by atoms with E-state index in [1.165, 1.54) is 25.6 Å². The van der Waals surface area contributed by atoms with Gasteiger partial charge in [0.05, 0.1) is 45.9 Å². The second-order valence-corrected chi connectivity index (χ2v) is 8.47. The highest BCUT2D eigenvalue weighted by atomic mass is 32.1. The molecule has 8 nitrogen and oxygen atoms in total. The third-order valence-corrected chi connectivity index (χ3v) is 5.94. The van der Waals surface area contributed by atoms with Gasteiger partial charge in [0.25, 0.3) is 0 Å². The molecule has 0 saturated heterocycles. The van der Waals surface area contributed by atoms with E-state index in [1.54, 1.807) is 25.3 Å². The number of ether oxygens (including phenoxy) is 4. The molecule has 180 valence electrons. The Morgan fingerprint density at radius 3 is 2.44 bits per heavy atom. The maximum atomic E-state index is 12.8. The lowest BCUT2D eigenvalue weighted by Crippen LogP contribution is -2.31. The number of carbonyl (C=O) groups excluding carboxylic acids is 2. The minimum absolute atomic E-state index is 0.0234. The van der Waals surface area contributed by atoms with Gasteiger partial charge < -0.3 is 24.3 Å². The summed E-state index contributed by atoms with van der Waals surface area (Å²) in [5.41, 5.74) is 2.49. The maximum Gasteiger partial charge on any atom is 0.307 e. The van der Waals surface area contributed by atoms with Crippen LogP contribution >= 0.6 is 11.3 Å². The first kappa shape index (κ1) is 25.0. The number of aromatic nitrogens is 1. The highest BCUT2D eigenvalue weighted by Crippen LogP contribution is 2.31. The van der Waals surface area contributed by atoms with Crippen LogP contribution in [0.3, 0.4) is 0 Å². The van der Waals surface area contributed by atoms with Gasteiger partial charge in [-0.25, -0.2) is 4.98 Å². The molecule has 34 heavy (non-hydrogen) atoms. The molecule has 1 N–H and O–H groups in total. The first-order chi connectivity index (χ1) is 16.4. The van der Waals surface area contributed by atoms with Crippen LogP contribution in [0.25, 0.3) is 0 Å². The molecule has 0 fully saturated rings. The molecule has 1 heterocycles. The van der Waals surface area contributed by atoms with Crippen molar-refractivity contribution in [3.05, 3.63) is 69.7 Å². The second kappa shape index (κ2) is 12.0. The van der Waals surface area contributed by atoms with Crippen molar-refractivity contribution in [2.75, 3.05) is 21.3 Å². The van der Waals surface area contributed by atoms with Gasteiger partial charge in [0.2, 0.25) is 5.91 Å². The summed E-state index contributed by atoms with van der Waals surface area (Å²) in [6, 6.07) is 12.4. The van der Waals surface area contributed by atoms with Crippen molar-refractivity contribution in [1.29, 1.82) is 0 Å². The van der Waals surface area contributed by atoms with Gasteiger partial charge in [0.1, 0.15) is 17.4 Å². The van der Waals surface area contributed by atoms with E-state index in [2.05, 4.69) is 10.3 Å². The number of hydrogen-bond acceptors (Lipinski definition) is 8. The van der Waals surface area contributed by atoms with Gasteiger partial charge in [-0.3, -0.25) is 9.59 Å². The molecular weight excluding hydrogens is 456 g/mol. The lowest BCUT2D eigenvalue weighted by atomic mass is 10.0. The Balaban J connectivity index is 1.64. The number of amides is 1. The van der Waals surface area contributed by atoms with Gasteiger partial charge in [0.15, 0.2) is 11.5 Å². The predicted molar refractivity (Wildman–Crippen MR) is 128 cm³/mol. The van der Waals surface area contributed by atoms with Gasteiger partial charge >= 0.3 is 5.97 Å². The van der Waals surface area contributed by atoms with Gasteiger partial charge in [-0.05, 0) is 36.8 Å². The summed E-state index contributed by atoms with van der Waals surface area (Å²) in [6.07, 6.45) is 0.0520. The molecule has 0 spiro atoms. The summed E-state index contributed by atoms with van der Waals surface area (Å²) in [6.45, 7) is 2.34. The topological polar surface area (TPSA) is 96.0 Å². The van der Waals surface area contributed by atoms with Gasteiger partial charge in [-0.2, -0.15) is 0 Å². The number of aryl methyl sites for hydroxylation is 1. The SMILES string of the molecule is COC(=O)CC(NC(=O)Cc1csc(COc2ccc(C)cc2)n1)c1ccc(OC)c(OC)c1. The Morgan fingerprint density at radius 1 is 1.03 bits per heavy atom. The second-order valence-electron chi connectivity index (χ2n) is 7.53. The van der Waals surface area contributed by atoms with E-state index in [0.29, 0.717) is 29.4 Å². The van der Waals surface area contributed by atoms with Crippen molar-refractivity contribution in [1.82, 2.24) is 10.3 Å². The molecule has 1 aromatic heterocycles. The molecule has 0 aliphatic rings. The predicted octanol–water partition coefficient (Wildman–Crippen LogP) is 4.01. The highest BCUT2D eigenvalue weighted by Gasteiger charge is 2.21. The van der Waals surface area contributed by atoms with Crippen molar-refractivity contribution in [3.8, 4) is 17.2 Å². The first-order valence-corrected chi connectivity index (χ1v) is 11.5. The Hall–Kier alpha value is -3.59. The molecule has 3 aromatic rings. The van der Waals surface area contributed by atoms with Crippen LogP contribution in [0.4, 0.5) is 0 Å². The monoisotopic (exact) mass is 484 g/mol. The Morgan fingerprint density at radius 2 is 1.76 bits per heavy atom. The molecule has 2 aromatic carbocycles. The van der Waals surface area contributed by atoms with Crippen molar-refractivity contribution in [2.24, 2.45) is 0 Å². The minimum atomic E-state index is -0.595. The third kappa shape index (κ3) is 6.95. The summed E-state index contributed by atoms with van der Waals surface area (Å²) < 4.78 is 21.2. The van der Waals surface area contributed by atoms with E-state index in [-0.39, 0.29) is 18.7 Å². The van der Waals surface area contributed by atoms with E-state index >= 15 is 0 Å². The number of esters is 1. The number of nitrogens with one attached hydrogen (secondary N) is 1. The average molecular weight is 485 g/mol. The van der Waals surface area contributed by atoms with Crippen LogP contribution in [0.5, 0.6) is 17.2 Å². The average Bonchev–Trinajstić information content (AvgIpc) is 3.29. The molecule has 1 unspecified atom stereocenters. The van der Waals surface area contributed by atoms with E-state index in [4.69, 9.17) is 18.9 Å². The molecule has 1 amide bonds. The minimum Gasteiger partial charge on any atom is -0.493 e. The number of thiazole rings is 1. The summed E-state index contributed by atoms with van der Waals surface area (Å²) in [4.78, 5) is 29.2. The van der Waals surface area contributed by atoms with Crippen LogP contribution in [0, 0.1) is 6.92 Å². The van der Waals surface area contributed by atoms with E-state index in [0.717, 1.165) is 16.3 Å². The molecule has 0 saturated carbocycles. The van der Waals surface area contributed by atoms with E-state index < -0.39 is 12.0 Å². The van der Waals surface area contributed by atoms with E-state index in [9.17, 15) is 9.59 Å². The number of benzene rings is 2. The summed E-state index contributed by atoms with van der Waals surface area (Å²) in [7, 11) is 4.38. The fourth-order valence-electron chi connectivity index (χ4n) is 3.26. The third-order valence-electron chi connectivity index (χ3n) is 5.07. The Labute approximate surface area is 202 Å². The smallest absolute Gasteiger partial charge is 0.307 e. The van der Waals surface area contributed by atoms with Crippen molar-refractivity contribution < 1.29 is 28.5 Å². The summed E-state index contributed by atoms with van der Waals surface area (Å²) in [5.74, 6) is 1.11. The van der Waals surface area contributed by atoms with Gasteiger partial charge in [-0.15, -0.1) is 11.3 Å². The van der Waals surface area contributed by atoms with Gasteiger partial charge in [0, 0.05) is 5.38 Å². The van der Waals surface area contributed by atoms with Crippen LogP contribution < -0.4 is 19.5 Å². The Kier molecular flexibility index (Phi) is 8.86. The highest BCUT2D eigenvalue weighted by molar-refractivity contribution is 7.09. The maximum absolute atomic E-state index is 12.8. The largest absolute Gasteiger partial charge is 0.493 e. The lowest BCUT2D eigenvalue weighted by Gasteiger charge is -2.19. The molecule has 3 rings (SSSR count). The zero-order valence-electron chi connectivity index (χ0n) is 19.6. The summed E-state index contributed by atoms with van der Waals surface area (Å²) in [5, 5.41) is 5.51. The number of carbonyl (C=O) groups is 2. The molecular formula is C25H28N2O6S. The van der Waals surface area contributed by atoms with Crippen LogP contribution in [-0.2, 0) is 27.4 Å². The lowest BCUT2D eigenvalue weighted by molar-refractivity contribution is -0.141. The fraction of sp³-hybridized carbons (Fsp3) is 0.320. The normalized spacial score (nSPS) is 11.4. The van der Waals surface area contributed by atoms with Crippen LogP contribution in [0.2, 0.25) is 0 Å². The molecule has 0 aliphatic heterocycles. The van der Waals surface area contributed by atoms with Crippen LogP contribution in [0.1, 0.15) is 34.3 Å². The first-order valence-electron chi connectivity index (χ1n) is 10.6. The van der Waals surface area contributed by atoms with Crippen LogP contribution in [-0.4, -0.2) is 38.2 Å². The van der Waals surface area contributed by atoms with Crippen LogP contribution in [0.15, 0.2) is 47.8 Å². The quantitative estimate of drug-likeness (QED) is 0.411. The Bertz CT molecular complexity index is 1110. The van der Waals surface area contributed by atoms with Crippen molar-refractivity contribution in [2.45, 2.75) is 32.4 Å². The number of methoxy groups -OCH3 is 3. The van der Waals surface area contributed by atoms with Gasteiger partial charge in [-0.1, -0.05) is 23.8 Å². The van der Waals surface area contributed by atoms with E-state index in [1.807, 2.05) is 36.6 Å². The zero-order valence-corrected chi connectivity index (χ0v) is 20.4. The molecule has 1 atom stereocenters. The number of hydrogen-bond donors (Lipinski definition) is 1. The number of rotatable bonds is 11. The fourth-order valence-corrected chi connectivity index (χ4v) is 3.96. The standard InChI is InChI=1S/C25H28N2O6S/c1-16-5-8-19(9-6-16)33-14-24-26-18(15-34-24)12-23(28)27-20(13-25(29)32-4)17-7-10-21(30-2)22(11-17)31-3/h5-11,15,20H,12-14H2,1-4H3,(H,27,28). The van der Waals surface area contributed by atoms with Crippen molar-refractivity contribution >= 4 is 23.2 Å². The number of nitrogens with zero attached hydrogens (tertiary/aromatic N) is 1. The molecule has 9 heteroatoms.